The molecule has 0 N–H and O–H groups in total. The Morgan fingerprint density at radius 1 is 1.59 bits per heavy atom. The average Bonchev–Trinajstić information content (AvgIpc) is 2.87. The smallest absolute Gasteiger partial charge is 0.292 e. The van der Waals surface area contributed by atoms with Crippen molar-refractivity contribution in [2.75, 3.05) is 7.05 Å². The Labute approximate surface area is 108 Å². The Balaban J connectivity index is 2.05. The molecule has 0 aliphatic rings. The molecule has 0 unspecified atom stereocenters. The van der Waals surface area contributed by atoms with Gasteiger partial charge in [0.25, 0.3) is 5.91 Å². The number of halogens is 1. The van der Waals surface area contributed by atoms with Crippen LogP contribution in [0.3, 0.4) is 0 Å². The van der Waals surface area contributed by atoms with Gasteiger partial charge in [-0.05, 0) is 19.1 Å². The third-order valence-electron chi connectivity index (χ3n) is 2.21. The van der Waals surface area contributed by atoms with Gasteiger partial charge in [0.05, 0.1) is 16.6 Å². The van der Waals surface area contributed by atoms with E-state index in [2.05, 4.69) is 5.16 Å². The van der Waals surface area contributed by atoms with Crippen molar-refractivity contribution in [3.8, 4) is 0 Å². The number of amides is 1. The lowest BCUT2D eigenvalue weighted by Crippen LogP contribution is -2.25. The molecule has 0 saturated carbocycles. The lowest BCUT2D eigenvalue weighted by molar-refractivity contribution is 0.0745. The summed E-state index contributed by atoms with van der Waals surface area (Å²) in [7, 11) is 1.72. The summed E-state index contributed by atoms with van der Waals surface area (Å²) in [5, 5.41) is 3.69. The first-order valence-electron chi connectivity index (χ1n) is 4.99. The van der Waals surface area contributed by atoms with Crippen molar-refractivity contribution in [1.82, 2.24) is 10.1 Å². The van der Waals surface area contributed by atoms with Gasteiger partial charge in [0, 0.05) is 18.0 Å². The number of carbonyl (C=O) groups is 1. The predicted octanol–water partition coefficient (Wildman–Crippen LogP) is 2.97. The van der Waals surface area contributed by atoms with Crippen molar-refractivity contribution in [3.05, 3.63) is 38.9 Å². The fourth-order valence-electron chi connectivity index (χ4n) is 1.39. The van der Waals surface area contributed by atoms with Gasteiger partial charge in [0.1, 0.15) is 0 Å². The van der Waals surface area contributed by atoms with E-state index in [-0.39, 0.29) is 11.7 Å². The minimum atomic E-state index is -0.185. The number of nitrogens with zero attached hydrogens (tertiary/aromatic N) is 2. The molecule has 0 fully saturated rings. The topological polar surface area (TPSA) is 46.3 Å². The number of rotatable bonds is 3. The summed E-state index contributed by atoms with van der Waals surface area (Å²) in [6.07, 6.45) is 0. The molecule has 1 amide bonds. The van der Waals surface area contributed by atoms with Crippen LogP contribution in [0.25, 0.3) is 0 Å². The van der Waals surface area contributed by atoms with E-state index in [4.69, 9.17) is 16.1 Å². The maximum Gasteiger partial charge on any atom is 0.292 e. The molecule has 2 aromatic rings. The zero-order valence-corrected chi connectivity index (χ0v) is 11.0. The van der Waals surface area contributed by atoms with Gasteiger partial charge in [-0.15, -0.1) is 11.3 Å². The van der Waals surface area contributed by atoms with Crippen molar-refractivity contribution in [3.63, 3.8) is 0 Å². The maximum atomic E-state index is 11.9. The van der Waals surface area contributed by atoms with Crippen molar-refractivity contribution >= 4 is 28.8 Å². The van der Waals surface area contributed by atoms with Gasteiger partial charge in [-0.1, -0.05) is 16.8 Å². The Morgan fingerprint density at radius 3 is 2.88 bits per heavy atom. The van der Waals surface area contributed by atoms with Crippen LogP contribution < -0.4 is 0 Å². The highest BCUT2D eigenvalue weighted by molar-refractivity contribution is 7.16. The van der Waals surface area contributed by atoms with E-state index in [0.717, 1.165) is 9.21 Å². The second-order valence-electron chi connectivity index (χ2n) is 3.70. The molecule has 90 valence electrons. The predicted molar refractivity (Wildman–Crippen MR) is 66.4 cm³/mol. The van der Waals surface area contributed by atoms with Crippen LogP contribution in [-0.4, -0.2) is 23.0 Å². The number of aryl methyl sites for hydroxylation is 1. The zero-order chi connectivity index (χ0) is 12.4. The number of carbonyl (C=O) groups excluding carboxylic acids is 1. The summed E-state index contributed by atoms with van der Waals surface area (Å²) >= 11 is 7.29. The molecule has 6 heteroatoms. The van der Waals surface area contributed by atoms with Gasteiger partial charge in [-0.25, -0.2) is 0 Å². The second-order valence-corrected chi connectivity index (χ2v) is 5.50. The Bertz CT molecular complexity index is 535. The van der Waals surface area contributed by atoms with Crippen LogP contribution in [0.5, 0.6) is 0 Å². The summed E-state index contributed by atoms with van der Waals surface area (Å²) in [6.45, 7) is 2.29. The van der Waals surface area contributed by atoms with Crippen molar-refractivity contribution in [1.29, 1.82) is 0 Å². The van der Waals surface area contributed by atoms with E-state index in [9.17, 15) is 4.79 Å². The number of aromatic nitrogens is 1. The molecule has 17 heavy (non-hydrogen) atoms. The lowest BCUT2D eigenvalue weighted by atomic mass is 10.3. The zero-order valence-electron chi connectivity index (χ0n) is 9.44. The number of hydrogen-bond donors (Lipinski definition) is 0. The maximum absolute atomic E-state index is 11.9. The molecule has 0 spiro atoms. The molecule has 0 bridgehead atoms. The molecule has 0 aromatic carbocycles. The second kappa shape index (κ2) is 4.89. The highest BCUT2D eigenvalue weighted by atomic mass is 35.5. The minimum absolute atomic E-state index is 0.185. The highest BCUT2D eigenvalue weighted by Crippen LogP contribution is 2.22. The third-order valence-corrected chi connectivity index (χ3v) is 3.42. The van der Waals surface area contributed by atoms with Gasteiger partial charge in [0.15, 0.2) is 0 Å². The summed E-state index contributed by atoms with van der Waals surface area (Å²) in [5.74, 6) is 0.0720. The van der Waals surface area contributed by atoms with Crippen LogP contribution in [0.1, 0.15) is 21.1 Å². The molecule has 4 nitrogen and oxygen atoms in total. The Hall–Kier alpha value is -1.33. The van der Waals surface area contributed by atoms with Gasteiger partial charge in [-0.2, -0.15) is 0 Å². The lowest BCUT2D eigenvalue weighted by Gasteiger charge is -2.13. The number of hydrogen-bond acceptors (Lipinski definition) is 4. The minimum Gasteiger partial charge on any atom is -0.351 e. The molecule has 2 heterocycles. The molecule has 0 atom stereocenters. The molecule has 0 aliphatic carbocycles. The quantitative estimate of drug-likeness (QED) is 0.861. The SMILES string of the molecule is Cc1cc(C(=O)N(C)Cc2ccc(Cl)s2)on1. The van der Waals surface area contributed by atoms with Crippen LogP contribution in [0.4, 0.5) is 0 Å². The summed E-state index contributed by atoms with van der Waals surface area (Å²) < 4.78 is 5.65. The first-order valence-corrected chi connectivity index (χ1v) is 6.18. The van der Waals surface area contributed by atoms with Gasteiger partial charge in [-0.3, -0.25) is 4.79 Å². The monoisotopic (exact) mass is 270 g/mol. The molecule has 0 aliphatic heterocycles. The van der Waals surface area contributed by atoms with E-state index < -0.39 is 0 Å². The van der Waals surface area contributed by atoms with Gasteiger partial charge in [0.2, 0.25) is 5.76 Å². The summed E-state index contributed by atoms with van der Waals surface area (Å²) in [5.41, 5.74) is 0.695. The van der Waals surface area contributed by atoms with Crippen molar-refractivity contribution < 1.29 is 9.32 Å². The average molecular weight is 271 g/mol. The van der Waals surface area contributed by atoms with Crippen LogP contribution in [-0.2, 0) is 6.54 Å². The van der Waals surface area contributed by atoms with E-state index in [1.165, 1.54) is 11.3 Å². The largest absolute Gasteiger partial charge is 0.351 e. The van der Waals surface area contributed by atoms with Crippen molar-refractivity contribution in [2.24, 2.45) is 0 Å². The van der Waals surface area contributed by atoms with E-state index in [0.29, 0.717) is 12.2 Å². The molecule has 2 aromatic heterocycles. The van der Waals surface area contributed by atoms with E-state index in [1.807, 2.05) is 12.1 Å². The Kier molecular flexibility index (Phi) is 3.49. The first-order chi connectivity index (χ1) is 8.06. The van der Waals surface area contributed by atoms with Gasteiger partial charge < -0.3 is 9.42 Å². The first kappa shape index (κ1) is 12.1. The molecule has 0 saturated heterocycles. The van der Waals surface area contributed by atoms with E-state index >= 15 is 0 Å². The van der Waals surface area contributed by atoms with Crippen LogP contribution >= 0.6 is 22.9 Å². The van der Waals surface area contributed by atoms with E-state index in [1.54, 1.807) is 24.9 Å². The van der Waals surface area contributed by atoms with Crippen LogP contribution in [0, 0.1) is 6.92 Å². The molecule has 0 radical (unpaired) electrons. The molecular weight excluding hydrogens is 260 g/mol. The highest BCUT2D eigenvalue weighted by Gasteiger charge is 2.17. The van der Waals surface area contributed by atoms with Crippen molar-refractivity contribution in [2.45, 2.75) is 13.5 Å². The van der Waals surface area contributed by atoms with Gasteiger partial charge >= 0.3 is 0 Å². The Morgan fingerprint density at radius 2 is 2.35 bits per heavy atom. The fraction of sp³-hybridized carbons (Fsp3) is 0.273. The number of thiophene rings is 1. The summed E-state index contributed by atoms with van der Waals surface area (Å²) in [6, 6.07) is 5.35. The fourth-order valence-corrected chi connectivity index (χ4v) is 2.54. The van der Waals surface area contributed by atoms with Crippen LogP contribution in [0.15, 0.2) is 22.7 Å². The molecule has 2 rings (SSSR count). The summed E-state index contributed by atoms with van der Waals surface area (Å²) in [4.78, 5) is 14.5. The van der Waals surface area contributed by atoms with Crippen LogP contribution in [0.2, 0.25) is 4.34 Å². The molecular formula is C11H11ClN2O2S. The standard InChI is InChI=1S/C11H11ClN2O2S/c1-7-5-9(16-13-7)11(15)14(2)6-8-3-4-10(12)17-8/h3-5H,6H2,1-2H3. The normalized spacial score (nSPS) is 10.5. The third kappa shape index (κ3) is 2.87.